The summed E-state index contributed by atoms with van der Waals surface area (Å²) in [7, 11) is -16.0. The van der Waals surface area contributed by atoms with Crippen molar-refractivity contribution in [1.29, 1.82) is 0 Å². The standard InChI is InChI=1S/C9H14BrN2O15P3/c10-9(12-2-1-5(13)11-8(12)14)7(27-30(21,22)23)6(26-29(18,19)20)4(25-9)3-24-28(15,16)17/h1-2,4,6-7H,3H2,(H,11,13,14)(H2,15,16,17)(H2,18,19,20)(H2,21,22,23)/t4-,6-,7-,9+/m1/s1. The molecule has 0 radical (unpaired) electrons. The molecule has 0 saturated carbocycles. The first-order chi connectivity index (χ1) is 13.4. The minimum Gasteiger partial charge on any atom is -0.335 e. The molecule has 1 aromatic rings. The van der Waals surface area contributed by atoms with Crippen molar-refractivity contribution in [2.24, 2.45) is 0 Å². The van der Waals surface area contributed by atoms with Crippen molar-refractivity contribution in [3.8, 4) is 0 Å². The van der Waals surface area contributed by atoms with E-state index in [0.29, 0.717) is 4.57 Å². The van der Waals surface area contributed by atoms with E-state index in [1.54, 1.807) is 4.98 Å². The Morgan fingerprint density at radius 1 is 1.07 bits per heavy atom. The lowest BCUT2D eigenvalue weighted by atomic mass is 10.1. The van der Waals surface area contributed by atoms with Crippen LogP contribution in [0, 0.1) is 0 Å². The zero-order valence-corrected chi connectivity index (χ0v) is 18.4. The number of phosphoric ester groups is 3. The quantitative estimate of drug-likeness (QED) is 0.133. The second-order valence-corrected chi connectivity index (χ2v) is 10.4. The molecule has 17 nitrogen and oxygen atoms in total. The van der Waals surface area contributed by atoms with Gasteiger partial charge < -0.3 is 34.1 Å². The van der Waals surface area contributed by atoms with Crippen LogP contribution in [0.1, 0.15) is 0 Å². The van der Waals surface area contributed by atoms with E-state index in [1.165, 1.54) is 0 Å². The number of hydrogen-bond donors (Lipinski definition) is 7. The van der Waals surface area contributed by atoms with E-state index in [2.05, 4.69) is 29.5 Å². The first-order valence-corrected chi connectivity index (χ1v) is 12.7. The molecule has 0 aromatic carbocycles. The molecular weight excluding hydrogens is 549 g/mol. The fourth-order valence-corrected chi connectivity index (χ4v) is 4.93. The van der Waals surface area contributed by atoms with Gasteiger partial charge in [0.25, 0.3) is 5.56 Å². The van der Waals surface area contributed by atoms with Crippen LogP contribution in [0.3, 0.4) is 0 Å². The van der Waals surface area contributed by atoms with Gasteiger partial charge in [-0.2, -0.15) is 0 Å². The average Bonchev–Trinajstić information content (AvgIpc) is 2.75. The van der Waals surface area contributed by atoms with Gasteiger partial charge in [-0.25, -0.2) is 18.5 Å². The van der Waals surface area contributed by atoms with Gasteiger partial charge >= 0.3 is 29.2 Å². The van der Waals surface area contributed by atoms with Crippen molar-refractivity contribution in [1.82, 2.24) is 9.55 Å². The summed E-state index contributed by atoms with van der Waals surface area (Å²) in [6.45, 7) is -1.12. The van der Waals surface area contributed by atoms with Gasteiger partial charge in [0.15, 0.2) is 6.10 Å². The number of phosphoric acid groups is 3. The summed E-state index contributed by atoms with van der Waals surface area (Å²) in [5.74, 6) is 0. The molecule has 7 N–H and O–H groups in total. The number of rotatable bonds is 8. The molecule has 4 atom stereocenters. The van der Waals surface area contributed by atoms with Gasteiger partial charge in [-0.3, -0.25) is 27.9 Å². The largest absolute Gasteiger partial charge is 0.470 e. The lowest BCUT2D eigenvalue weighted by Gasteiger charge is -2.31. The van der Waals surface area contributed by atoms with Crippen molar-refractivity contribution in [3.63, 3.8) is 0 Å². The summed E-state index contributed by atoms with van der Waals surface area (Å²) in [5.41, 5.74) is -2.09. The maximum atomic E-state index is 12.2. The molecule has 0 aliphatic carbocycles. The van der Waals surface area contributed by atoms with Crippen LogP contribution in [0.25, 0.3) is 0 Å². The van der Waals surface area contributed by atoms with Gasteiger partial charge in [0.1, 0.15) is 12.2 Å². The molecule has 0 unspecified atom stereocenters. The molecular formula is C9H14BrN2O15P3. The Kier molecular flexibility index (Phi) is 7.51. The fraction of sp³-hybridized carbons (Fsp3) is 0.556. The Morgan fingerprint density at radius 3 is 2.10 bits per heavy atom. The molecule has 2 heterocycles. The van der Waals surface area contributed by atoms with Crippen LogP contribution in [0.2, 0.25) is 0 Å². The minimum absolute atomic E-state index is 0.488. The second-order valence-electron chi connectivity index (χ2n) is 5.61. The summed E-state index contributed by atoms with van der Waals surface area (Å²) in [6.07, 6.45) is -5.45. The van der Waals surface area contributed by atoms with Gasteiger partial charge in [0.2, 0.25) is 4.63 Å². The van der Waals surface area contributed by atoms with Crippen LogP contribution in [0.5, 0.6) is 0 Å². The van der Waals surface area contributed by atoms with Crippen LogP contribution in [0.15, 0.2) is 21.9 Å². The predicted octanol–water partition coefficient (Wildman–Crippen LogP) is -1.99. The number of nitrogens with one attached hydrogen (secondary N) is 1. The van der Waals surface area contributed by atoms with Crippen molar-refractivity contribution >= 4 is 39.4 Å². The van der Waals surface area contributed by atoms with E-state index in [4.69, 9.17) is 24.3 Å². The summed E-state index contributed by atoms with van der Waals surface area (Å²) in [4.78, 5) is 79.6. The normalized spacial score (nSPS) is 28.0. The SMILES string of the molecule is O=c1ccn([C@]2(Br)O[C@H](COP(=O)(O)O)[C@@H](OP(=O)(O)O)[C@H]2OP(=O)(O)O)c(=O)[nH]1. The molecule has 21 heteroatoms. The average molecular weight is 563 g/mol. The summed E-state index contributed by atoms with van der Waals surface area (Å²) in [6, 6.07) is 0.792. The van der Waals surface area contributed by atoms with Gasteiger partial charge in [-0.1, -0.05) is 0 Å². The number of ether oxygens (including phenoxy) is 1. The van der Waals surface area contributed by atoms with Gasteiger partial charge in [-0.15, -0.1) is 0 Å². The fourth-order valence-electron chi connectivity index (χ4n) is 2.45. The number of H-pyrrole nitrogens is 1. The lowest BCUT2D eigenvalue weighted by molar-refractivity contribution is -0.0746. The Hall–Kier alpha value is -0.550. The molecule has 0 spiro atoms. The minimum atomic E-state index is -5.45. The zero-order chi connectivity index (χ0) is 23.1. The summed E-state index contributed by atoms with van der Waals surface area (Å²) < 4.78 is 50.2. The first kappa shape index (κ1) is 25.7. The van der Waals surface area contributed by atoms with Crippen LogP contribution >= 0.6 is 39.4 Å². The summed E-state index contributed by atoms with van der Waals surface area (Å²) in [5, 5.41) is 0. The third-order valence-corrected chi connectivity index (χ3v) is 5.93. The molecule has 0 bridgehead atoms. The maximum Gasteiger partial charge on any atom is 0.470 e. The number of hydrogen-bond acceptors (Lipinski definition) is 9. The number of alkyl halides is 1. The highest BCUT2D eigenvalue weighted by Crippen LogP contribution is 2.54. The molecule has 30 heavy (non-hydrogen) atoms. The molecule has 1 fully saturated rings. The topological polar surface area (TPSA) is 264 Å². The summed E-state index contributed by atoms with van der Waals surface area (Å²) >= 11 is 2.83. The first-order valence-electron chi connectivity index (χ1n) is 7.28. The molecule has 1 aromatic heterocycles. The Labute approximate surface area is 173 Å². The monoisotopic (exact) mass is 562 g/mol. The molecule has 172 valence electrons. The van der Waals surface area contributed by atoms with Crippen molar-refractivity contribution < 1.29 is 61.4 Å². The third-order valence-electron chi connectivity index (χ3n) is 3.40. The maximum absolute atomic E-state index is 12.2. The second kappa shape index (κ2) is 8.77. The van der Waals surface area contributed by atoms with Crippen LogP contribution < -0.4 is 11.2 Å². The lowest BCUT2D eigenvalue weighted by Crippen LogP contribution is -2.48. The molecule has 1 aliphatic heterocycles. The Bertz CT molecular complexity index is 1040. The molecule has 1 saturated heterocycles. The predicted molar refractivity (Wildman–Crippen MR) is 94.9 cm³/mol. The van der Waals surface area contributed by atoms with E-state index in [0.717, 1.165) is 12.3 Å². The highest BCUT2D eigenvalue weighted by atomic mass is 79.9. The molecule has 0 amide bonds. The van der Waals surface area contributed by atoms with Gasteiger partial charge in [0.05, 0.1) is 6.61 Å². The highest BCUT2D eigenvalue weighted by Gasteiger charge is 2.61. The van der Waals surface area contributed by atoms with Crippen molar-refractivity contribution in [2.75, 3.05) is 6.61 Å². The van der Waals surface area contributed by atoms with Crippen LogP contribution in [-0.2, 0) is 36.6 Å². The molecule has 2 rings (SSSR count). The molecule has 1 aliphatic rings. The highest BCUT2D eigenvalue weighted by molar-refractivity contribution is 9.09. The Balaban J connectivity index is 2.61. The number of halogens is 1. The van der Waals surface area contributed by atoms with Gasteiger partial charge in [-0.05, 0) is 15.9 Å². The van der Waals surface area contributed by atoms with E-state index in [1.807, 2.05) is 0 Å². The van der Waals surface area contributed by atoms with Crippen molar-refractivity contribution in [3.05, 3.63) is 33.1 Å². The Morgan fingerprint density at radius 2 is 1.63 bits per heavy atom. The number of aromatic amines is 1. The van der Waals surface area contributed by atoms with Crippen LogP contribution in [-0.4, -0.2) is 63.8 Å². The van der Waals surface area contributed by atoms with Gasteiger partial charge in [0, 0.05) is 12.3 Å². The van der Waals surface area contributed by atoms with Crippen LogP contribution in [0.4, 0.5) is 0 Å². The number of aromatic nitrogens is 2. The van der Waals surface area contributed by atoms with E-state index < -0.39 is 64.3 Å². The third kappa shape index (κ3) is 6.72. The van der Waals surface area contributed by atoms with Crippen molar-refractivity contribution in [2.45, 2.75) is 22.9 Å². The van der Waals surface area contributed by atoms with E-state index in [-0.39, 0.29) is 0 Å². The van der Waals surface area contributed by atoms with E-state index in [9.17, 15) is 33.1 Å². The van der Waals surface area contributed by atoms with E-state index >= 15 is 0 Å². The zero-order valence-electron chi connectivity index (χ0n) is 14.1. The number of nitrogens with zero attached hydrogens (tertiary/aromatic N) is 1. The smallest absolute Gasteiger partial charge is 0.335 e.